The Morgan fingerprint density at radius 2 is 1.87 bits per heavy atom. The summed E-state index contributed by atoms with van der Waals surface area (Å²) in [6.45, 7) is 1.04. The molecule has 0 radical (unpaired) electrons. The Bertz CT molecular complexity index is 1220. The molecule has 1 aromatic carbocycles. The van der Waals surface area contributed by atoms with E-state index >= 15 is 0 Å². The van der Waals surface area contributed by atoms with Crippen molar-refractivity contribution in [1.82, 2.24) is 30.1 Å². The van der Waals surface area contributed by atoms with E-state index in [1.165, 1.54) is 18.6 Å². The van der Waals surface area contributed by atoms with E-state index in [1.54, 1.807) is 12.3 Å². The number of halogens is 3. The van der Waals surface area contributed by atoms with Crippen LogP contribution in [0.25, 0.3) is 22.3 Å². The monoisotopic (exact) mass is 429 g/mol. The summed E-state index contributed by atoms with van der Waals surface area (Å²) in [5.41, 5.74) is -0.518. The lowest BCUT2D eigenvalue weighted by Crippen LogP contribution is -2.43. The van der Waals surface area contributed by atoms with E-state index in [9.17, 15) is 18.3 Å². The fourth-order valence-corrected chi connectivity index (χ4v) is 3.90. The Hall–Kier alpha value is -3.47. The summed E-state index contributed by atoms with van der Waals surface area (Å²) in [4.78, 5) is 17.8. The highest BCUT2D eigenvalue weighted by Gasteiger charge is 2.37. The van der Waals surface area contributed by atoms with Crippen molar-refractivity contribution in [3.8, 4) is 11.3 Å². The van der Waals surface area contributed by atoms with E-state index in [4.69, 9.17) is 0 Å². The van der Waals surface area contributed by atoms with Gasteiger partial charge in [0.15, 0.2) is 5.65 Å². The van der Waals surface area contributed by atoms with Crippen LogP contribution in [0.5, 0.6) is 0 Å². The average Bonchev–Trinajstić information content (AvgIpc) is 3.44. The van der Waals surface area contributed by atoms with Crippen molar-refractivity contribution in [2.45, 2.75) is 24.6 Å². The zero-order chi connectivity index (χ0) is 21.6. The predicted octanol–water partition coefficient (Wildman–Crippen LogP) is 3.25. The molecule has 11 heteroatoms. The van der Waals surface area contributed by atoms with Gasteiger partial charge in [0, 0.05) is 31.5 Å². The van der Waals surface area contributed by atoms with E-state index in [0.29, 0.717) is 48.7 Å². The Balaban J connectivity index is 1.35. The molecule has 0 bridgehead atoms. The molecule has 4 aromatic rings. The van der Waals surface area contributed by atoms with Crippen molar-refractivity contribution in [3.05, 3.63) is 54.4 Å². The normalized spacial score (nSPS) is 16.7. The lowest BCUT2D eigenvalue weighted by atomic mass is 9.90. The topological polar surface area (TPSA) is 107 Å². The molecule has 1 fully saturated rings. The molecule has 1 aliphatic heterocycles. The van der Waals surface area contributed by atoms with E-state index in [2.05, 4.69) is 30.1 Å². The van der Waals surface area contributed by atoms with Crippen molar-refractivity contribution in [1.29, 1.82) is 0 Å². The number of imidazole rings is 1. The van der Waals surface area contributed by atoms with Gasteiger partial charge in [0.25, 0.3) is 0 Å². The zero-order valence-corrected chi connectivity index (χ0v) is 16.2. The van der Waals surface area contributed by atoms with Crippen LogP contribution in [-0.4, -0.2) is 48.3 Å². The molecule has 0 amide bonds. The van der Waals surface area contributed by atoms with Crippen LogP contribution in [0.15, 0.2) is 43.0 Å². The molecule has 3 N–H and O–H groups in total. The smallest absolute Gasteiger partial charge is 0.382 e. The second-order valence-corrected chi connectivity index (χ2v) is 7.57. The van der Waals surface area contributed by atoms with Gasteiger partial charge >= 0.3 is 6.18 Å². The van der Waals surface area contributed by atoms with E-state index < -0.39 is 17.3 Å². The van der Waals surface area contributed by atoms with E-state index in [0.717, 1.165) is 23.3 Å². The van der Waals surface area contributed by atoms with Gasteiger partial charge in [-0.05, 0) is 12.1 Å². The molecule has 1 saturated heterocycles. The molecular formula is C20H18F3N7O. The second-order valence-electron chi connectivity index (χ2n) is 7.57. The number of nitrogens with zero attached hydrogens (tertiary/aromatic N) is 5. The first-order valence-electron chi connectivity index (χ1n) is 9.68. The van der Waals surface area contributed by atoms with Crippen molar-refractivity contribution < 1.29 is 18.3 Å². The summed E-state index contributed by atoms with van der Waals surface area (Å²) in [6.07, 6.45) is 0.918. The number of aromatic amines is 2. The average molecular weight is 429 g/mol. The minimum Gasteiger partial charge on any atom is -0.382 e. The first-order valence-corrected chi connectivity index (χ1v) is 9.68. The van der Waals surface area contributed by atoms with Crippen LogP contribution in [0.4, 0.5) is 19.0 Å². The number of aromatic nitrogens is 6. The van der Waals surface area contributed by atoms with Gasteiger partial charge < -0.3 is 15.0 Å². The SMILES string of the molecule is OC1(c2ncc(-c3cccc(C(F)(F)F)c3)[nH]2)CCN(c2ncnc3[nH]ncc23)CC1. The number of hydrogen-bond acceptors (Lipinski definition) is 6. The summed E-state index contributed by atoms with van der Waals surface area (Å²) in [5, 5.41) is 18.8. The van der Waals surface area contributed by atoms with E-state index in [-0.39, 0.29) is 0 Å². The molecule has 3 aromatic heterocycles. The van der Waals surface area contributed by atoms with E-state index in [1.807, 2.05) is 4.90 Å². The minimum absolute atomic E-state index is 0.343. The lowest BCUT2D eigenvalue weighted by molar-refractivity contribution is -0.137. The lowest BCUT2D eigenvalue weighted by Gasteiger charge is -2.37. The van der Waals surface area contributed by atoms with Crippen molar-refractivity contribution >= 4 is 16.9 Å². The number of fused-ring (bicyclic) bond motifs is 1. The number of aliphatic hydroxyl groups is 1. The van der Waals surface area contributed by atoms with Crippen LogP contribution < -0.4 is 4.90 Å². The summed E-state index contributed by atoms with van der Waals surface area (Å²) < 4.78 is 39.0. The summed E-state index contributed by atoms with van der Waals surface area (Å²) >= 11 is 0. The zero-order valence-electron chi connectivity index (χ0n) is 16.2. The summed E-state index contributed by atoms with van der Waals surface area (Å²) in [6, 6.07) is 5.01. The van der Waals surface area contributed by atoms with Crippen LogP contribution in [0, 0.1) is 0 Å². The molecule has 5 rings (SSSR count). The highest BCUT2D eigenvalue weighted by Crippen LogP contribution is 2.36. The number of alkyl halides is 3. The number of H-pyrrole nitrogens is 2. The largest absolute Gasteiger partial charge is 0.416 e. The second kappa shape index (κ2) is 7.05. The van der Waals surface area contributed by atoms with Gasteiger partial charge in [-0.25, -0.2) is 15.0 Å². The van der Waals surface area contributed by atoms with Gasteiger partial charge in [-0.3, -0.25) is 5.10 Å². The van der Waals surface area contributed by atoms with Gasteiger partial charge in [0.05, 0.1) is 29.0 Å². The third-order valence-electron chi connectivity index (χ3n) is 5.63. The van der Waals surface area contributed by atoms with Crippen LogP contribution in [-0.2, 0) is 11.8 Å². The molecule has 0 unspecified atom stereocenters. The fraction of sp³-hybridized carbons (Fsp3) is 0.300. The molecule has 8 nitrogen and oxygen atoms in total. The molecule has 31 heavy (non-hydrogen) atoms. The van der Waals surface area contributed by atoms with Gasteiger partial charge in [0.2, 0.25) is 0 Å². The highest BCUT2D eigenvalue weighted by atomic mass is 19.4. The molecular weight excluding hydrogens is 411 g/mol. The highest BCUT2D eigenvalue weighted by molar-refractivity contribution is 5.86. The number of anilines is 1. The van der Waals surface area contributed by atoms with Crippen molar-refractivity contribution in [3.63, 3.8) is 0 Å². The Morgan fingerprint density at radius 1 is 1.06 bits per heavy atom. The standard InChI is InChI=1S/C20H18F3N7O/c21-20(22,23)13-3-1-2-12(8-13)15-10-24-18(28-15)19(31)4-6-30(7-5-19)17-14-9-27-29-16(14)25-11-26-17/h1-3,8-11,31H,4-7H2,(H,24,28)(H,25,26,27,29). The van der Waals surface area contributed by atoms with Crippen LogP contribution in [0.1, 0.15) is 24.2 Å². The molecule has 4 heterocycles. The Labute approximate surface area is 174 Å². The molecule has 160 valence electrons. The minimum atomic E-state index is -4.43. The van der Waals surface area contributed by atoms with Crippen molar-refractivity contribution in [2.75, 3.05) is 18.0 Å². The molecule has 0 atom stereocenters. The maximum atomic E-state index is 13.0. The van der Waals surface area contributed by atoms with Gasteiger partial charge in [-0.1, -0.05) is 12.1 Å². The molecule has 0 spiro atoms. The number of hydrogen-bond donors (Lipinski definition) is 3. The summed E-state index contributed by atoms with van der Waals surface area (Å²) in [5.74, 6) is 1.08. The van der Waals surface area contributed by atoms with Gasteiger partial charge in [-0.15, -0.1) is 0 Å². The maximum Gasteiger partial charge on any atom is 0.416 e. The molecule has 0 aliphatic carbocycles. The number of benzene rings is 1. The predicted molar refractivity (Wildman–Crippen MR) is 106 cm³/mol. The number of rotatable bonds is 3. The van der Waals surface area contributed by atoms with Crippen LogP contribution in [0.2, 0.25) is 0 Å². The fourth-order valence-electron chi connectivity index (χ4n) is 3.90. The Kier molecular flexibility index (Phi) is 4.43. The number of piperidine rings is 1. The van der Waals surface area contributed by atoms with Gasteiger partial charge in [-0.2, -0.15) is 18.3 Å². The third-order valence-corrected chi connectivity index (χ3v) is 5.63. The van der Waals surface area contributed by atoms with Crippen molar-refractivity contribution in [2.24, 2.45) is 0 Å². The quantitative estimate of drug-likeness (QED) is 0.462. The van der Waals surface area contributed by atoms with Gasteiger partial charge in [0.1, 0.15) is 23.6 Å². The van der Waals surface area contributed by atoms with Crippen LogP contribution >= 0.6 is 0 Å². The Morgan fingerprint density at radius 3 is 2.65 bits per heavy atom. The van der Waals surface area contributed by atoms with Crippen LogP contribution in [0.3, 0.4) is 0 Å². The maximum absolute atomic E-state index is 13.0. The number of nitrogens with one attached hydrogen (secondary N) is 2. The first-order chi connectivity index (χ1) is 14.8. The molecule has 1 aliphatic rings. The first kappa shape index (κ1) is 19.5. The summed E-state index contributed by atoms with van der Waals surface area (Å²) in [7, 11) is 0. The molecule has 0 saturated carbocycles. The third kappa shape index (κ3) is 3.50.